The number of anilines is 1. The fourth-order valence-electron chi connectivity index (χ4n) is 2.69. The smallest absolute Gasteiger partial charge is 0.281 e. The zero-order valence-electron chi connectivity index (χ0n) is 15.3. The van der Waals surface area contributed by atoms with E-state index in [4.69, 9.17) is 0 Å². The number of hydrogen-bond donors (Lipinski definition) is 1. The van der Waals surface area contributed by atoms with Crippen molar-refractivity contribution in [2.45, 2.75) is 32.1 Å². The lowest BCUT2D eigenvalue weighted by atomic mass is 10.2. The van der Waals surface area contributed by atoms with E-state index in [0.29, 0.717) is 31.9 Å². The number of amides is 2. The van der Waals surface area contributed by atoms with Gasteiger partial charge in [0.15, 0.2) is 0 Å². The maximum Gasteiger partial charge on any atom is 0.281 e. The highest BCUT2D eigenvalue weighted by atomic mass is 32.2. The Kier molecular flexibility index (Phi) is 7.08. The standard InChI is InChI=1S/C17H25N3O4S2/c1-4-20(5-2)26(23,24)14-7-6-13(3)15(12-14)18-16(21)8-9-19-10-11-25-17(19)22/h6-7,12H,4-5,8-11H2,1-3H3,(H,18,21). The first kappa shape index (κ1) is 20.7. The van der Waals surface area contributed by atoms with Gasteiger partial charge in [-0.15, -0.1) is 0 Å². The van der Waals surface area contributed by atoms with Crippen LogP contribution in [0, 0.1) is 6.92 Å². The van der Waals surface area contributed by atoms with Gasteiger partial charge in [-0.05, 0) is 24.6 Å². The monoisotopic (exact) mass is 399 g/mol. The number of carbonyl (C=O) groups excluding carboxylic acids is 2. The summed E-state index contributed by atoms with van der Waals surface area (Å²) in [6.07, 6.45) is 0.179. The zero-order valence-corrected chi connectivity index (χ0v) is 17.0. The maximum atomic E-state index is 12.6. The summed E-state index contributed by atoms with van der Waals surface area (Å²) in [4.78, 5) is 25.6. The number of nitrogens with one attached hydrogen (secondary N) is 1. The van der Waals surface area contributed by atoms with Gasteiger partial charge in [-0.25, -0.2) is 8.42 Å². The average molecular weight is 400 g/mol. The molecule has 0 bridgehead atoms. The van der Waals surface area contributed by atoms with E-state index in [2.05, 4.69) is 5.32 Å². The van der Waals surface area contributed by atoms with Crippen molar-refractivity contribution in [2.75, 3.05) is 37.2 Å². The van der Waals surface area contributed by atoms with E-state index in [-0.39, 0.29) is 22.5 Å². The van der Waals surface area contributed by atoms with Gasteiger partial charge in [0.25, 0.3) is 5.24 Å². The van der Waals surface area contributed by atoms with Crippen LogP contribution in [-0.2, 0) is 14.8 Å². The van der Waals surface area contributed by atoms with Gasteiger partial charge in [-0.2, -0.15) is 4.31 Å². The van der Waals surface area contributed by atoms with Crippen molar-refractivity contribution < 1.29 is 18.0 Å². The number of carbonyl (C=O) groups is 2. The summed E-state index contributed by atoms with van der Waals surface area (Å²) in [5, 5.41) is 2.77. The molecule has 1 aliphatic heterocycles. The van der Waals surface area contributed by atoms with Crippen molar-refractivity contribution in [1.82, 2.24) is 9.21 Å². The van der Waals surface area contributed by atoms with Crippen LogP contribution >= 0.6 is 11.8 Å². The lowest BCUT2D eigenvalue weighted by Crippen LogP contribution is -2.30. The Balaban J connectivity index is 2.09. The third kappa shape index (κ3) is 4.77. The highest BCUT2D eigenvalue weighted by Crippen LogP contribution is 2.23. The van der Waals surface area contributed by atoms with Gasteiger partial charge in [0.1, 0.15) is 0 Å². The Bertz CT molecular complexity index is 776. The van der Waals surface area contributed by atoms with Gasteiger partial charge in [0.2, 0.25) is 15.9 Å². The topological polar surface area (TPSA) is 86.8 Å². The molecule has 1 N–H and O–H groups in total. The second kappa shape index (κ2) is 8.88. The minimum atomic E-state index is -3.58. The second-order valence-corrected chi connectivity index (χ2v) is 8.95. The van der Waals surface area contributed by atoms with Gasteiger partial charge in [0.05, 0.1) is 4.90 Å². The minimum Gasteiger partial charge on any atom is -0.332 e. The van der Waals surface area contributed by atoms with E-state index in [9.17, 15) is 18.0 Å². The van der Waals surface area contributed by atoms with Crippen molar-refractivity contribution >= 4 is 38.6 Å². The average Bonchev–Trinajstić information content (AvgIpc) is 3.00. The van der Waals surface area contributed by atoms with E-state index in [0.717, 1.165) is 11.3 Å². The molecule has 9 heteroatoms. The molecule has 2 rings (SSSR count). The lowest BCUT2D eigenvalue weighted by molar-refractivity contribution is -0.116. The van der Waals surface area contributed by atoms with Gasteiger partial charge in [0, 0.05) is 44.0 Å². The summed E-state index contributed by atoms with van der Waals surface area (Å²) in [7, 11) is -3.58. The fraction of sp³-hybridized carbons (Fsp3) is 0.529. The molecule has 0 atom stereocenters. The molecule has 0 spiro atoms. The molecule has 26 heavy (non-hydrogen) atoms. The van der Waals surface area contributed by atoms with Crippen molar-refractivity contribution in [3.05, 3.63) is 23.8 Å². The molecule has 0 saturated carbocycles. The van der Waals surface area contributed by atoms with Crippen LogP contribution in [0.3, 0.4) is 0 Å². The van der Waals surface area contributed by atoms with E-state index >= 15 is 0 Å². The summed E-state index contributed by atoms with van der Waals surface area (Å²) in [6.45, 7) is 7.18. The highest BCUT2D eigenvalue weighted by molar-refractivity contribution is 8.13. The molecule has 1 saturated heterocycles. The zero-order chi connectivity index (χ0) is 19.3. The highest BCUT2D eigenvalue weighted by Gasteiger charge is 2.23. The van der Waals surface area contributed by atoms with Crippen LogP contribution in [0.5, 0.6) is 0 Å². The maximum absolute atomic E-state index is 12.6. The number of aryl methyl sites for hydroxylation is 1. The molecule has 7 nitrogen and oxygen atoms in total. The van der Waals surface area contributed by atoms with Crippen LogP contribution in [0.1, 0.15) is 25.8 Å². The van der Waals surface area contributed by atoms with Gasteiger partial charge < -0.3 is 10.2 Å². The molecule has 1 aromatic carbocycles. The molecular weight excluding hydrogens is 374 g/mol. The van der Waals surface area contributed by atoms with Crippen LogP contribution in [-0.4, -0.2) is 60.7 Å². The largest absolute Gasteiger partial charge is 0.332 e. The van der Waals surface area contributed by atoms with E-state index in [1.54, 1.807) is 30.9 Å². The lowest BCUT2D eigenvalue weighted by Gasteiger charge is -2.19. The first-order chi connectivity index (χ1) is 12.3. The predicted octanol–water partition coefficient (Wildman–Crippen LogP) is 2.52. The van der Waals surface area contributed by atoms with Crippen molar-refractivity contribution in [2.24, 2.45) is 0 Å². The number of rotatable bonds is 8. The Morgan fingerprint density at radius 2 is 2.00 bits per heavy atom. The molecule has 1 heterocycles. The summed E-state index contributed by atoms with van der Waals surface area (Å²) in [5.41, 5.74) is 1.26. The van der Waals surface area contributed by atoms with Crippen molar-refractivity contribution in [3.8, 4) is 0 Å². The number of thioether (sulfide) groups is 1. The predicted molar refractivity (Wildman–Crippen MR) is 104 cm³/mol. The van der Waals surface area contributed by atoms with Crippen molar-refractivity contribution in [1.29, 1.82) is 0 Å². The molecule has 0 unspecified atom stereocenters. The quantitative estimate of drug-likeness (QED) is 0.726. The molecule has 2 amide bonds. The van der Waals surface area contributed by atoms with Gasteiger partial charge >= 0.3 is 0 Å². The molecule has 1 aromatic rings. The third-order valence-electron chi connectivity index (χ3n) is 4.28. The van der Waals surface area contributed by atoms with E-state index < -0.39 is 10.0 Å². The molecular formula is C17H25N3O4S2. The second-order valence-electron chi connectivity index (χ2n) is 5.97. The number of nitrogens with zero attached hydrogens (tertiary/aromatic N) is 2. The van der Waals surface area contributed by atoms with Crippen LogP contribution in [0.25, 0.3) is 0 Å². The third-order valence-corrected chi connectivity index (χ3v) is 7.22. The van der Waals surface area contributed by atoms with E-state index in [1.807, 2.05) is 6.92 Å². The Labute approximate surface area is 159 Å². The van der Waals surface area contributed by atoms with Crippen LogP contribution in [0.2, 0.25) is 0 Å². The fourth-order valence-corrected chi connectivity index (χ4v) is 5.02. The van der Waals surface area contributed by atoms with E-state index in [1.165, 1.54) is 22.1 Å². The Morgan fingerprint density at radius 3 is 2.58 bits per heavy atom. The number of benzene rings is 1. The SMILES string of the molecule is CCN(CC)S(=O)(=O)c1ccc(C)c(NC(=O)CCN2CCSC2=O)c1. The summed E-state index contributed by atoms with van der Waals surface area (Å²) >= 11 is 1.26. The summed E-state index contributed by atoms with van der Waals surface area (Å²) < 4.78 is 26.7. The molecule has 1 aliphatic rings. The van der Waals surface area contributed by atoms with Crippen LogP contribution in [0.4, 0.5) is 10.5 Å². The number of hydrogen-bond acceptors (Lipinski definition) is 5. The molecule has 0 aromatic heterocycles. The Morgan fingerprint density at radius 1 is 1.31 bits per heavy atom. The van der Waals surface area contributed by atoms with Crippen LogP contribution < -0.4 is 5.32 Å². The molecule has 0 radical (unpaired) electrons. The first-order valence-corrected chi connectivity index (χ1v) is 11.0. The van der Waals surface area contributed by atoms with Gasteiger partial charge in [-0.3, -0.25) is 9.59 Å². The summed E-state index contributed by atoms with van der Waals surface area (Å²) in [6, 6.07) is 4.74. The van der Waals surface area contributed by atoms with Crippen LogP contribution in [0.15, 0.2) is 23.1 Å². The summed E-state index contributed by atoms with van der Waals surface area (Å²) in [5.74, 6) is 0.514. The minimum absolute atomic E-state index is 0.00120. The van der Waals surface area contributed by atoms with Crippen molar-refractivity contribution in [3.63, 3.8) is 0 Å². The molecule has 1 fully saturated rings. The number of sulfonamides is 1. The Hall–Kier alpha value is -1.58. The molecule has 144 valence electrons. The normalized spacial score (nSPS) is 14.9. The first-order valence-electron chi connectivity index (χ1n) is 8.62. The van der Waals surface area contributed by atoms with Gasteiger partial charge in [-0.1, -0.05) is 31.7 Å². The molecule has 0 aliphatic carbocycles.